The Hall–Kier alpha value is -3.18. The highest BCUT2D eigenvalue weighted by Gasteiger charge is 2.30. The Morgan fingerprint density at radius 1 is 1.14 bits per heavy atom. The first-order valence-electron chi connectivity index (χ1n) is 8.83. The second-order valence-electron chi connectivity index (χ2n) is 6.38. The van der Waals surface area contributed by atoms with Crippen LogP contribution in [-0.4, -0.2) is 46.3 Å². The lowest BCUT2D eigenvalue weighted by Gasteiger charge is -2.27. The van der Waals surface area contributed by atoms with Gasteiger partial charge in [-0.25, -0.2) is 9.99 Å². The minimum atomic E-state index is -4.48. The van der Waals surface area contributed by atoms with Gasteiger partial charge in [0, 0.05) is 25.0 Å². The van der Waals surface area contributed by atoms with Gasteiger partial charge in [-0.05, 0) is 24.3 Å². The number of alkyl halides is 3. The molecular weight excluding hydrogens is 389 g/mol. The van der Waals surface area contributed by atoms with Crippen molar-refractivity contribution in [3.05, 3.63) is 52.4 Å². The van der Waals surface area contributed by atoms with Gasteiger partial charge in [0.25, 0.3) is 5.56 Å². The third-order valence-electron chi connectivity index (χ3n) is 4.34. The van der Waals surface area contributed by atoms with Crippen molar-refractivity contribution in [2.45, 2.75) is 6.18 Å². The lowest BCUT2D eigenvalue weighted by Crippen LogP contribution is -2.40. The maximum atomic E-state index is 13.0. The van der Waals surface area contributed by atoms with E-state index < -0.39 is 17.3 Å². The molecule has 0 atom stereocenters. The van der Waals surface area contributed by atoms with Gasteiger partial charge >= 0.3 is 6.18 Å². The highest BCUT2D eigenvalue weighted by atomic mass is 19.4. The van der Waals surface area contributed by atoms with Crippen molar-refractivity contribution in [3.8, 4) is 0 Å². The van der Waals surface area contributed by atoms with E-state index >= 15 is 0 Å². The highest BCUT2D eigenvalue weighted by Crippen LogP contribution is 2.32. The predicted octanol–water partition coefficient (Wildman–Crippen LogP) is 2.74. The number of aromatic amines is 1. The summed E-state index contributed by atoms with van der Waals surface area (Å²) in [4.78, 5) is 23.5. The number of hydrogen-bond acceptors (Lipinski definition) is 7. The van der Waals surface area contributed by atoms with E-state index in [1.165, 1.54) is 18.3 Å². The maximum Gasteiger partial charge on any atom is 0.416 e. The quantitative estimate of drug-likeness (QED) is 0.613. The largest absolute Gasteiger partial charge is 0.416 e. The Morgan fingerprint density at radius 3 is 2.69 bits per heavy atom. The maximum absolute atomic E-state index is 13.0. The van der Waals surface area contributed by atoms with Crippen LogP contribution < -0.4 is 16.3 Å². The smallest absolute Gasteiger partial charge is 0.379 e. The van der Waals surface area contributed by atoms with Crippen molar-refractivity contribution in [1.82, 2.24) is 20.0 Å². The van der Waals surface area contributed by atoms with Crippen LogP contribution in [0, 0.1) is 0 Å². The summed E-state index contributed by atoms with van der Waals surface area (Å²) in [5, 5.41) is 4.84. The summed E-state index contributed by atoms with van der Waals surface area (Å²) in [6, 6.07) is 6.28. The van der Waals surface area contributed by atoms with E-state index in [0.29, 0.717) is 31.8 Å². The second-order valence-corrected chi connectivity index (χ2v) is 6.38. The monoisotopic (exact) mass is 406 g/mol. The molecule has 1 fully saturated rings. The summed E-state index contributed by atoms with van der Waals surface area (Å²) in [7, 11) is 0. The number of fused-ring (bicyclic) bond motifs is 1. The normalized spacial score (nSPS) is 15.4. The van der Waals surface area contributed by atoms with Gasteiger partial charge in [-0.3, -0.25) is 10.2 Å². The van der Waals surface area contributed by atoms with Crippen LogP contribution in [0.1, 0.15) is 5.56 Å². The lowest BCUT2D eigenvalue weighted by atomic mass is 10.2. The Morgan fingerprint density at radius 2 is 1.93 bits per heavy atom. The fourth-order valence-electron chi connectivity index (χ4n) is 2.96. The van der Waals surface area contributed by atoms with Crippen LogP contribution in [0.15, 0.2) is 41.3 Å². The van der Waals surface area contributed by atoms with E-state index in [0.717, 1.165) is 12.1 Å². The third-order valence-corrected chi connectivity index (χ3v) is 4.34. The van der Waals surface area contributed by atoms with Crippen LogP contribution in [-0.2, 0) is 10.9 Å². The van der Waals surface area contributed by atoms with Crippen LogP contribution >= 0.6 is 0 Å². The first kappa shape index (κ1) is 19.2. The topological polar surface area (TPSA) is 95.2 Å². The molecule has 0 unspecified atom stereocenters. The average molecular weight is 406 g/mol. The van der Waals surface area contributed by atoms with Gasteiger partial charge in [0.1, 0.15) is 11.2 Å². The SMILES string of the molecule is O=c1[nH]ccc2nc(NN3CCOCC3)nc(Nc3cccc(C(F)(F)F)c3)c12. The number of H-pyrrole nitrogens is 1. The number of benzene rings is 1. The van der Waals surface area contributed by atoms with E-state index in [4.69, 9.17) is 4.74 Å². The fraction of sp³-hybridized carbons (Fsp3) is 0.278. The number of ether oxygens (including phenoxy) is 1. The number of nitrogens with zero attached hydrogens (tertiary/aromatic N) is 3. The molecule has 1 aromatic carbocycles. The first-order valence-corrected chi connectivity index (χ1v) is 8.83. The van der Waals surface area contributed by atoms with E-state index in [1.54, 1.807) is 6.07 Å². The van der Waals surface area contributed by atoms with Crippen molar-refractivity contribution in [1.29, 1.82) is 0 Å². The number of rotatable bonds is 4. The third kappa shape index (κ3) is 4.30. The molecule has 8 nitrogen and oxygen atoms in total. The van der Waals surface area contributed by atoms with Gasteiger partial charge < -0.3 is 15.0 Å². The molecule has 152 valence electrons. The summed E-state index contributed by atoms with van der Waals surface area (Å²) < 4.78 is 44.3. The van der Waals surface area contributed by atoms with Crippen molar-refractivity contribution < 1.29 is 17.9 Å². The van der Waals surface area contributed by atoms with Gasteiger partial charge in [-0.1, -0.05) is 6.07 Å². The summed E-state index contributed by atoms with van der Waals surface area (Å²) in [6.07, 6.45) is -3.03. The lowest BCUT2D eigenvalue weighted by molar-refractivity contribution is -0.137. The first-order chi connectivity index (χ1) is 13.9. The zero-order chi connectivity index (χ0) is 20.4. The summed E-state index contributed by atoms with van der Waals surface area (Å²) in [6.45, 7) is 2.34. The summed E-state index contributed by atoms with van der Waals surface area (Å²) >= 11 is 0. The van der Waals surface area contributed by atoms with Crippen LogP contribution in [0.25, 0.3) is 10.9 Å². The van der Waals surface area contributed by atoms with Gasteiger partial charge in [0.05, 0.1) is 24.3 Å². The molecule has 0 saturated carbocycles. The molecule has 3 heterocycles. The van der Waals surface area contributed by atoms with Crippen LogP contribution in [0.5, 0.6) is 0 Å². The van der Waals surface area contributed by atoms with E-state index in [9.17, 15) is 18.0 Å². The van der Waals surface area contributed by atoms with Gasteiger partial charge in [-0.2, -0.15) is 18.2 Å². The van der Waals surface area contributed by atoms with Crippen molar-refractivity contribution in [2.24, 2.45) is 0 Å². The minimum absolute atomic E-state index is 0.104. The molecule has 3 N–H and O–H groups in total. The molecule has 0 aliphatic carbocycles. The Balaban J connectivity index is 1.73. The Labute approximate surface area is 162 Å². The number of morpholine rings is 1. The summed E-state index contributed by atoms with van der Waals surface area (Å²) in [5.74, 6) is 0.325. The van der Waals surface area contributed by atoms with Crippen LogP contribution in [0.4, 0.5) is 30.6 Å². The second kappa shape index (κ2) is 7.68. The standard InChI is InChI=1S/C18H17F3N6O2/c19-18(20,21)11-2-1-3-12(10-11)23-15-14-13(4-5-22-16(14)28)24-17(25-15)26-27-6-8-29-9-7-27/h1-5,10H,6-9H2,(H,22,28)(H2,23,24,25,26). The zero-order valence-corrected chi connectivity index (χ0v) is 15.1. The molecule has 4 rings (SSSR count). The number of hydrogen-bond donors (Lipinski definition) is 3. The van der Waals surface area contributed by atoms with E-state index in [1.807, 2.05) is 5.01 Å². The number of hydrazine groups is 1. The molecule has 3 aromatic rings. The van der Waals surface area contributed by atoms with Crippen molar-refractivity contribution >= 4 is 28.4 Å². The molecule has 0 amide bonds. The Kier molecular flexibility index (Phi) is 5.07. The zero-order valence-electron chi connectivity index (χ0n) is 15.1. The molecule has 0 spiro atoms. The average Bonchev–Trinajstić information content (AvgIpc) is 2.68. The highest BCUT2D eigenvalue weighted by molar-refractivity contribution is 5.90. The number of nitrogens with one attached hydrogen (secondary N) is 3. The molecule has 2 aromatic heterocycles. The van der Waals surface area contributed by atoms with Crippen LogP contribution in [0.2, 0.25) is 0 Å². The summed E-state index contributed by atoms with van der Waals surface area (Å²) in [5.41, 5.74) is 2.31. The number of pyridine rings is 1. The Bertz CT molecular complexity index is 1080. The number of anilines is 3. The molecule has 0 bridgehead atoms. The van der Waals surface area contributed by atoms with E-state index in [-0.39, 0.29) is 22.8 Å². The van der Waals surface area contributed by atoms with Crippen molar-refractivity contribution in [2.75, 3.05) is 37.0 Å². The van der Waals surface area contributed by atoms with Gasteiger partial charge in [0.2, 0.25) is 5.95 Å². The van der Waals surface area contributed by atoms with Crippen molar-refractivity contribution in [3.63, 3.8) is 0 Å². The number of aromatic nitrogens is 3. The molecule has 0 radical (unpaired) electrons. The molecular formula is C18H17F3N6O2. The number of halogens is 3. The molecule has 1 aliphatic rings. The van der Waals surface area contributed by atoms with Gasteiger partial charge in [-0.15, -0.1) is 0 Å². The fourth-order valence-corrected chi connectivity index (χ4v) is 2.96. The van der Waals surface area contributed by atoms with E-state index in [2.05, 4.69) is 25.7 Å². The minimum Gasteiger partial charge on any atom is -0.379 e. The molecule has 29 heavy (non-hydrogen) atoms. The molecule has 11 heteroatoms. The van der Waals surface area contributed by atoms with Gasteiger partial charge in [0.15, 0.2) is 0 Å². The molecule has 1 aliphatic heterocycles. The predicted molar refractivity (Wildman–Crippen MR) is 101 cm³/mol. The van der Waals surface area contributed by atoms with Crippen LogP contribution in [0.3, 0.4) is 0 Å². The molecule has 1 saturated heterocycles.